The van der Waals surface area contributed by atoms with E-state index in [1.807, 2.05) is 48.7 Å². The average molecular weight is 442 g/mol. The first-order valence-corrected chi connectivity index (χ1v) is 12.0. The summed E-state index contributed by atoms with van der Waals surface area (Å²) < 4.78 is 0. The highest BCUT2D eigenvalue weighted by Crippen LogP contribution is 2.26. The van der Waals surface area contributed by atoms with E-state index in [0.29, 0.717) is 17.7 Å². The van der Waals surface area contributed by atoms with Crippen molar-refractivity contribution < 1.29 is 14.7 Å². The van der Waals surface area contributed by atoms with Gasteiger partial charge in [-0.1, -0.05) is 36.4 Å². The molecule has 0 spiro atoms. The fourth-order valence-electron chi connectivity index (χ4n) is 3.74. The summed E-state index contributed by atoms with van der Waals surface area (Å²) in [7, 11) is 2.14. The van der Waals surface area contributed by atoms with Crippen LogP contribution in [-0.2, 0) is 11.3 Å². The van der Waals surface area contributed by atoms with E-state index in [9.17, 15) is 14.7 Å². The number of aliphatic carboxylic acids is 1. The van der Waals surface area contributed by atoms with Crippen LogP contribution in [0, 0.1) is 0 Å². The van der Waals surface area contributed by atoms with Crippen molar-refractivity contribution in [2.75, 3.05) is 45.2 Å². The van der Waals surface area contributed by atoms with Crippen molar-refractivity contribution in [1.82, 2.24) is 15.1 Å². The third-order valence-corrected chi connectivity index (χ3v) is 6.27. The molecule has 0 saturated carbocycles. The molecule has 31 heavy (non-hydrogen) atoms. The lowest BCUT2D eigenvalue weighted by Gasteiger charge is -2.32. The largest absolute Gasteiger partial charge is 0.480 e. The Hall–Kier alpha value is -2.35. The molecule has 6 nitrogen and oxygen atoms in total. The molecular formula is C24H31N3O3S. The molecule has 2 aromatic carbocycles. The van der Waals surface area contributed by atoms with Crippen molar-refractivity contribution in [3.63, 3.8) is 0 Å². The fourth-order valence-corrected chi connectivity index (χ4v) is 4.21. The van der Waals surface area contributed by atoms with Gasteiger partial charge < -0.3 is 15.3 Å². The highest BCUT2D eigenvalue weighted by Gasteiger charge is 2.23. The topological polar surface area (TPSA) is 72.9 Å². The van der Waals surface area contributed by atoms with E-state index in [1.54, 1.807) is 11.8 Å². The third-order valence-electron chi connectivity index (χ3n) is 5.63. The van der Waals surface area contributed by atoms with Crippen LogP contribution in [0.3, 0.4) is 0 Å². The number of likely N-dealkylation sites (N-methyl/N-ethyl adjacent to an activating group) is 1. The number of nitrogens with zero attached hydrogens (tertiary/aromatic N) is 2. The molecule has 0 bridgehead atoms. The minimum absolute atomic E-state index is 0.349. The smallest absolute Gasteiger partial charge is 0.326 e. The Morgan fingerprint density at radius 3 is 2.45 bits per heavy atom. The van der Waals surface area contributed by atoms with Gasteiger partial charge in [0.2, 0.25) is 0 Å². The van der Waals surface area contributed by atoms with E-state index < -0.39 is 12.0 Å². The summed E-state index contributed by atoms with van der Waals surface area (Å²) in [4.78, 5) is 29.4. The molecule has 1 aliphatic heterocycles. The van der Waals surface area contributed by atoms with E-state index in [-0.39, 0.29) is 5.91 Å². The summed E-state index contributed by atoms with van der Waals surface area (Å²) >= 11 is 1.57. The number of carboxylic acid groups (broad SMARTS) is 1. The molecule has 2 N–H and O–H groups in total. The van der Waals surface area contributed by atoms with Crippen LogP contribution in [0.15, 0.2) is 48.5 Å². The summed E-state index contributed by atoms with van der Waals surface area (Å²) in [6.45, 7) is 4.99. The van der Waals surface area contributed by atoms with E-state index >= 15 is 0 Å². The van der Waals surface area contributed by atoms with Crippen molar-refractivity contribution >= 4 is 23.6 Å². The van der Waals surface area contributed by atoms with Crippen LogP contribution in [-0.4, -0.2) is 78.1 Å². The monoisotopic (exact) mass is 441 g/mol. The second-order valence-electron chi connectivity index (χ2n) is 7.97. The van der Waals surface area contributed by atoms with Gasteiger partial charge in [0, 0.05) is 38.3 Å². The zero-order chi connectivity index (χ0) is 22.2. The molecule has 7 heteroatoms. The van der Waals surface area contributed by atoms with Crippen LogP contribution in [0.2, 0.25) is 0 Å². The first kappa shape index (κ1) is 23.3. The number of carboxylic acids is 1. The maximum Gasteiger partial charge on any atom is 0.326 e. The van der Waals surface area contributed by atoms with Crippen molar-refractivity contribution in [1.29, 1.82) is 0 Å². The van der Waals surface area contributed by atoms with Gasteiger partial charge in [-0.2, -0.15) is 11.8 Å². The Morgan fingerprint density at radius 1 is 1.10 bits per heavy atom. The molecule has 0 aliphatic carbocycles. The number of nitrogens with one attached hydrogen (secondary N) is 1. The van der Waals surface area contributed by atoms with E-state index in [1.165, 1.54) is 0 Å². The number of carbonyl (C=O) groups is 2. The molecule has 1 saturated heterocycles. The minimum atomic E-state index is -1.00. The third kappa shape index (κ3) is 6.56. The van der Waals surface area contributed by atoms with Gasteiger partial charge in [-0.05, 0) is 54.3 Å². The Bertz CT molecular complexity index is 883. The Morgan fingerprint density at radius 2 is 1.81 bits per heavy atom. The zero-order valence-electron chi connectivity index (χ0n) is 18.2. The second-order valence-corrected chi connectivity index (χ2v) is 8.96. The van der Waals surface area contributed by atoms with Gasteiger partial charge in [-0.25, -0.2) is 4.79 Å². The van der Waals surface area contributed by atoms with Gasteiger partial charge in [0.15, 0.2) is 0 Å². The highest BCUT2D eigenvalue weighted by atomic mass is 32.2. The predicted octanol–water partition coefficient (Wildman–Crippen LogP) is 3.04. The summed E-state index contributed by atoms with van der Waals surface area (Å²) in [6, 6.07) is 14.8. The summed E-state index contributed by atoms with van der Waals surface area (Å²) in [5.74, 6) is -0.680. The molecule has 1 aliphatic rings. The Balaban J connectivity index is 1.85. The average Bonchev–Trinajstić information content (AvgIpc) is 2.78. The SMILES string of the molecule is CSCC[C@H](NC(=O)c1ccc(CN2CCN(C)CC2)cc1-c1ccccc1)C(=O)O. The van der Waals surface area contributed by atoms with Crippen LogP contribution in [0.4, 0.5) is 0 Å². The molecule has 166 valence electrons. The summed E-state index contributed by atoms with van der Waals surface area (Å²) in [5.41, 5.74) is 3.43. The minimum Gasteiger partial charge on any atom is -0.480 e. The first-order valence-electron chi connectivity index (χ1n) is 10.6. The molecule has 1 atom stereocenters. The van der Waals surface area contributed by atoms with Crippen molar-refractivity contribution in [3.8, 4) is 11.1 Å². The predicted molar refractivity (Wildman–Crippen MR) is 127 cm³/mol. The van der Waals surface area contributed by atoms with Gasteiger partial charge in [-0.15, -0.1) is 0 Å². The van der Waals surface area contributed by atoms with Crippen molar-refractivity contribution in [2.24, 2.45) is 0 Å². The van der Waals surface area contributed by atoms with Gasteiger partial charge >= 0.3 is 5.97 Å². The van der Waals surface area contributed by atoms with Gasteiger partial charge in [0.05, 0.1) is 0 Å². The lowest BCUT2D eigenvalue weighted by atomic mass is 9.96. The Kier molecular flexibility index (Phi) is 8.51. The first-order chi connectivity index (χ1) is 15.0. The zero-order valence-corrected chi connectivity index (χ0v) is 19.0. The number of hydrogen-bond acceptors (Lipinski definition) is 5. The van der Waals surface area contributed by atoms with E-state index in [0.717, 1.165) is 49.4 Å². The van der Waals surface area contributed by atoms with Crippen LogP contribution < -0.4 is 5.32 Å². The van der Waals surface area contributed by atoms with Crippen molar-refractivity contribution in [3.05, 3.63) is 59.7 Å². The highest BCUT2D eigenvalue weighted by molar-refractivity contribution is 7.98. The maximum atomic E-state index is 13.1. The van der Waals surface area contributed by atoms with Gasteiger partial charge in [0.25, 0.3) is 5.91 Å². The molecule has 1 fully saturated rings. The molecule has 1 heterocycles. The normalized spacial score (nSPS) is 16.1. The van der Waals surface area contributed by atoms with Gasteiger partial charge in [-0.3, -0.25) is 9.69 Å². The van der Waals surface area contributed by atoms with Crippen LogP contribution in [0.5, 0.6) is 0 Å². The van der Waals surface area contributed by atoms with Gasteiger partial charge in [0.1, 0.15) is 6.04 Å². The number of amides is 1. The fraction of sp³-hybridized carbons (Fsp3) is 0.417. The lowest BCUT2D eigenvalue weighted by molar-refractivity contribution is -0.139. The molecular weight excluding hydrogens is 410 g/mol. The summed E-state index contributed by atoms with van der Waals surface area (Å²) in [5, 5.41) is 12.2. The second kappa shape index (κ2) is 11.3. The molecule has 0 radical (unpaired) electrons. The number of benzene rings is 2. The lowest BCUT2D eigenvalue weighted by Crippen LogP contribution is -2.43. The molecule has 2 aromatic rings. The molecule has 0 aromatic heterocycles. The number of carbonyl (C=O) groups excluding carboxylic acids is 1. The maximum absolute atomic E-state index is 13.1. The van der Waals surface area contributed by atoms with Crippen molar-refractivity contribution in [2.45, 2.75) is 19.0 Å². The summed E-state index contributed by atoms with van der Waals surface area (Å²) in [6.07, 6.45) is 2.32. The number of thioether (sulfide) groups is 1. The standard InChI is InChI=1S/C24H31N3O3S/c1-26-11-13-27(14-12-26)17-18-8-9-20(21(16-18)19-6-4-3-5-7-19)23(28)25-22(24(29)30)10-15-31-2/h3-9,16,22H,10-15,17H2,1-2H3,(H,25,28)(H,29,30)/t22-/m0/s1. The Labute approximate surface area is 188 Å². The molecule has 1 amide bonds. The molecule has 3 rings (SSSR count). The number of hydrogen-bond donors (Lipinski definition) is 2. The van der Waals surface area contributed by atoms with Crippen LogP contribution in [0.25, 0.3) is 11.1 Å². The number of piperazine rings is 1. The van der Waals surface area contributed by atoms with E-state index in [2.05, 4.69) is 28.2 Å². The number of rotatable bonds is 9. The quantitative estimate of drug-likeness (QED) is 0.623. The van der Waals surface area contributed by atoms with E-state index in [4.69, 9.17) is 0 Å². The molecule has 0 unspecified atom stereocenters. The van der Waals surface area contributed by atoms with Crippen LogP contribution in [0.1, 0.15) is 22.3 Å². The van der Waals surface area contributed by atoms with Crippen LogP contribution >= 0.6 is 11.8 Å².